The molecule has 9 nitrogen and oxygen atoms in total. The minimum absolute atomic E-state index is 0.154. The number of morpholine rings is 1. The fourth-order valence-corrected chi connectivity index (χ4v) is 3.04. The van der Waals surface area contributed by atoms with Gasteiger partial charge in [0.2, 0.25) is 5.89 Å². The van der Waals surface area contributed by atoms with Gasteiger partial charge in [-0.1, -0.05) is 0 Å². The number of hydrogen-bond acceptors (Lipinski definition) is 6. The van der Waals surface area contributed by atoms with Gasteiger partial charge in [-0.25, -0.2) is 4.98 Å². The largest absolute Gasteiger partial charge is 0.440 e. The van der Waals surface area contributed by atoms with Crippen LogP contribution in [0.15, 0.2) is 29.2 Å². The third-order valence-corrected chi connectivity index (χ3v) is 4.40. The monoisotopic (exact) mass is 356 g/mol. The molecule has 9 heteroatoms. The van der Waals surface area contributed by atoms with E-state index in [-0.39, 0.29) is 12.0 Å². The number of oxazole rings is 1. The molecule has 1 saturated heterocycles. The van der Waals surface area contributed by atoms with E-state index in [4.69, 9.17) is 9.15 Å². The summed E-state index contributed by atoms with van der Waals surface area (Å²) in [6.07, 6.45) is 6.94. The van der Waals surface area contributed by atoms with E-state index in [0.717, 1.165) is 11.1 Å². The minimum atomic E-state index is -0.189. The number of ether oxygens (including phenoxy) is 1. The maximum atomic E-state index is 13.0. The van der Waals surface area contributed by atoms with Gasteiger partial charge >= 0.3 is 0 Å². The molecule has 1 unspecified atom stereocenters. The molecule has 26 heavy (non-hydrogen) atoms. The van der Waals surface area contributed by atoms with Gasteiger partial charge in [0, 0.05) is 38.6 Å². The lowest BCUT2D eigenvalue weighted by molar-refractivity contribution is -0.0230. The SMILES string of the molecule is Cc1oc(-c2cnn(C)c2)nc1C(=O)N1CCOC(c2cnn(C)c2)C1. The summed E-state index contributed by atoms with van der Waals surface area (Å²) in [6, 6.07) is 0. The Morgan fingerprint density at radius 2 is 1.96 bits per heavy atom. The number of nitrogens with zero attached hydrogens (tertiary/aromatic N) is 6. The molecule has 1 amide bonds. The van der Waals surface area contributed by atoms with Crippen LogP contribution in [-0.2, 0) is 18.8 Å². The summed E-state index contributed by atoms with van der Waals surface area (Å²) >= 11 is 0. The summed E-state index contributed by atoms with van der Waals surface area (Å²) in [7, 11) is 3.67. The van der Waals surface area contributed by atoms with Crippen molar-refractivity contribution < 1.29 is 13.9 Å². The summed E-state index contributed by atoms with van der Waals surface area (Å²) in [5.41, 5.74) is 2.03. The fourth-order valence-electron chi connectivity index (χ4n) is 3.04. The summed E-state index contributed by atoms with van der Waals surface area (Å²) in [5.74, 6) is 0.743. The first-order valence-electron chi connectivity index (χ1n) is 8.37. The smallest absolute Gasteiger partial charge is 0.276 e. The van der Waals surface area contributed by atoms with Gasteiger partial charge < -0.3 is 14.1 Å². The Morgan fingerprint density at radius 3 is 2.65 bits per heavy atom. The highest BCUT2D eigenvalue weighted by Gasteiger charge is 2.30. The highest BCUT2D eigenvalue weighted by atomic mass is 16.5. The van der Waals surface area contributed by atoms with Gasteiger partial charge in [0.05, 0.1) is 31.1 Å². The van der Waals surface area contributed by atoms with Crippen molar-refractivity contribution in [1.82, 2.24) is 29.4 Å². The molecule has 4 rings (SSSR count). The van der Waals surface area contributed by atoms with Crippen LogP contribution in [0.4, 0.5) is 0 Å². The van der Waals surface area contributed by atoms with Crippen molar-refractivity contribution in [2.75, 3.05) is 19.7 Å². The Hall–Kier alpha value is -2.94. The highest BCUT2D eigenvalue weighted by Crippen LogP contribution is 2.25. The van der Waals surface area contributed by atoms with Crippen LogP contribution in [0.3, 0.4) is 0 Å². The zero-order chi connectivity index (χ0) is 18.3. The van der Waals surface area contributed by atoms with Crippen LogP contribution in [0.25, 0.3) is 11.5 Å². The van der Waals surface area contributed by atoms with E-state index < -0.39 is 0 Å². The Kier molecular flexibility index (Phi) is 4.08. The molecule has 0 spiro atoms. The third-order valence-electron chi connectivity index (χ3n) is 4.40. The molecule has 1 aliphatic heterocycles. The lowest BCUT2D eigenvalue weighted by Crippen LogP contribution is -2.42. The third kappa shape index (κ3) is 3.01. The molecule has 1 fully saturated rings. The average molecular weight is 356 g/mol. The molecule has 4 heterocycles. The van der Waals surface area contributed by atoms with Gasteiger partial charge in [-0.2, -0.15) is 10.2 Å². The molecule has 0 bridgehead atoms. The average Bonchev–Trinajstić information content (AvgIpc) is 3.34. The van der Waals surface area contributed by atoms with Crippen LogP contribution in [0, 0.1) is 6.92 Å². The van der Waals surface area contributed by atoms with Crippen LogP contribution in [0.5, 0.6) is 0 Å². The van der Waals surface area contributed by atoms with Gasteiger partial charge in [-0.3, -0.25) is 14.2 Å². The Labute approximate surface area is 150 Å². The van der Waals surface area contributed by atoms with E-state index in [2.05, 4.69) is 15.2 Å². The molecule has 3 aromatic rings. The Balaban J connectivity index is 1.54. The summed E-state index contributed by atoms with van der Waals surface area (Å²) in [4.78, 5) is 19.1. The molecular weight excluding hydrogens is 336 g/mol. The van der Waals surface area contributed by atoms with Crippen molar-refractivity contribution >= 4 is 5.91 Å². The molecule has 3 aromatic heterocycles. The predicted molar refractivity (Wildman–Crippen MR) is 91.2 cm³/mol. The zero-order valence-corrected chi connectivity index (χ0v) is 14.9. The number of aryl methyl sites for hydroxylation is 3. The van der Waals surface area contributed by atoms with Gasteiger partial charge in [-0.05, 0) is 6.92 Å². The first-order chi connectivity index (χ1) is 12.5. The van der Waals surface area contributed by atoms with E-state index in [9.17, 15) is 4.79 Å². The van der Waals surface area contributed by atoms with E-state index in [1.54, 1.807) is 39.8 Å². The van der Waals surface area contributed by atoms with E-state index in [0.29, 0.717) is 37.0 Å². The number of carbonyl (C=O) groups is 1. The van der Waals surface area contributed by atoms with Crippen molar-refractivity contribution in [2.24, 2.45) is 14.1 Å². The quantitative estimate of drug-likeness (QED) is 0.703. The molecular formula is C17H20N6O3. The lowest BCUT2D eigenvalue weighted by Gasteiger charge is -2.32. The first kappa shape index (κ1) is 16.5. The van der Waals surface area contributed by atoms with E-state index in [1.807, 2.05) is 20.3 Å². The van der Waals surface area contributed by atoms with Gasteiger partial charge in [0.25, 0.3) is 5.91 Å². The second-order valence-corrected chi connectivity index (χ2v) is 6.38. The summed E-state index contributed by atoms with van der Waals surface area (Å²) < 4.78 is 14.9. The second-order valence-electron chi connectivity index (χ2n) is 6.38. The standard InChI is InChI=1S/C17H20N6O3/c1-11-15(20-16(26-11)13-7-19-22(3)9-13)17(24)23-4-5-25-14(10-23)12-6-18-21(2)8-12/h6-9,14H,4-5,10H2,1-3H3. The molecule has 0 saturated carbocycles. The van der Waals surface area contributed by atoms with Gasteiger partial charge in [0.15, 0.2) is 5.69 Å². The second kappa shape index (κ2) is 6.41. The van der Waals surface area contributed by atoms with E-state index >= 15 is 0 Å². The van der Waals surface area contributed by atoms with Crippen LogP contribution in [-0.4, -0.2) is 55.0 Å². The molecule has 0 aliphatic carbocycles. The van der Waals surface area contributed by atoms with Crippen LogP contribution in [0.2, 0.25) is 0 Å². The fraction of sp³-hybridized carbons (Fsp3) is 0.412. The van der Waals surface area contributed by atoms with Crippen molar-refractivity contribution in [1.29, 1.82) is 0 Å². The maximum absolute atomic E-state index is 13.0. The number of rotatable bonds is 3. The topological polar surface area (TPSA) is 91.2 Å². The van der Waals surface area contributed by atoms with Crippen molar-refractivity contribution in [3.63, 3.8) is 0 Å². The first-order valence-corrected chi connectivity index (χ1v) is 8.37. The normalized spacial score (nSPS) is 17.7. The number of aromatic nitrogens is 5. The number of carbonyl (C=O) groups excluding carboxylic acids is 1. The highest BCUT2D eigenvalue weighted by molar-refractivity contribution is 5.93. The van der Waals surface area contributed by atoms with E-state index in [1.165, 1.54) is 0 Å². The number of amides is 1. The molecule has 1 aliphatic rings. The number of hydrogen-bond donors (Lipinski definition) is 0. The van der Waals surface area contributed by atoms with Crippen LogP contribution >= 0.6 is 0 Å². The predicted octanol–water partition coefficient (Wildman–Crippen LogP) is 1.33. The molecule has 0 radical (unpaired) electrons. The maximum Gasteiger partial charge on any atom is 0.276 e. The Morgan fingerprint density at radius 1 is 1.19 bits per heavy atom. The van der Waals surface area contributed by atoms with Crippen molar-refractivity contribution in [2.45, 2.75) is 13.0 Å². The van der Waals surface area contributed by atoms with Gasteiger partial charge in [-0.15, -0.1) is 0 Å². The van der Waals surface area contributed by atoms with Gasteiger partial charge in [0.1, 0.15) is 11.9 Å². The van der Waals surface area contributed by atoms with Crippen molar-refractivity contribution in [3.8, 4) is 11.5 Å². The molecule has 1 atom stereocenters. The minimum Gasteiger partial charge on any atom is -0.440 e. The van der Waals surface area contributed by atoms with Crippen LogP contribution in [0.1, 0.15) is 27.9 Å². The molecule has 136 valence electrons. The van der Waals surface area contributed by atoms with Crippen LogP contribution < -0.4 is 0 Å². The molecule has 0 N–H and O–H groups in total. The Bertz CT molecular complexity index is 940. The zero-order valence-electron chi connectivity index (χ0n) is 14.9. The molecule has 0 aromatic carbocycles. The lowest BCUT2D eigenvalue weighted by atomic mass is 10.1. The summed E-state index contributed by atoms with van der Waals surface area (Å²) in [5, 5.41) is 8.28. The van der Waals surface area contributed by atoms with Crippen molar-refractivity contribution in [3.05, 3.63) is 41.8 Å². The summed E-state index contributed by atoms with van der Waals surface area (Å²) in [6.45, 7) is 3.19.